The lowest BCUT2D eigenvalue weighted by Crippen LogP contribution is -2.47. The molecule has 1 heterocycles. The second-order valence-electron chi connectivity index (χ2n) is 10.4. The molecule has 0 unspecified atom stereocenters. The van der Waals surface area contributed by atoms with E-state index < -0.39 is 5.97 Å². The Kier molecular flexibility index (Phi) is 8.06. The maximum Gasteiger partial charge on any atom is 0.350 e. The fourth-order valence-electron chi connectivity index (χ4n) is 4.66. The van der Waals surface area contributed by atoms with Crippen LogP contribution in [0.1, 0.15) is 94.3 Å². The molecule has 1 aromatic heterocycles. The molecule has 1 N–H and O–H groups in total. The number of aliphatic hydroxyl groups is 1. The fourth-order valence-corrected chi connectivity index (χ4v) is 5.57. The Bertz CT molecular complexity index is 872. The van der Waals surface area contributed by atoms with Gasteiger partial charge in [-0.3, -0.25) is 4.79 Å². The molecule has 3 rings (SSSR count). The maximum atomic E-state index is 14.0. The number of rotatable bonds is 4. The molecule has 2 saturated carbocycles. The van der Waals surface area contributed by atoms with Gasteiger partial charge >= 0.3 is 5.97 Å². The summed E-state index contributed by atoms with van der Waals surface area (Å²) in [4.78, 5) is 29.0. The molecule has 0 spiro atoms. The largest absolute Gasteiger partial charge is 0.465 e. The van der Waals surface area contributed by atoms with E-state index in [1.807, 2.05) is 31.1 Å². The lowest BCUT2D eigenvalue weighted by Gasteiger charge is -2.39. The van der Waals surface area contributed by atoms with Crippen LogP contribution < -0.4 is 4.90 Å². The van der Waals surface area contributed by atoms with Gasteiger partial charge < -0.3 is 14.7 Å². The third-order valence-electron chi connectivity index (χ3n) is 6.58. The molecule has 6 heteroatoms. The van der Waals surface area contributed by atoms with Crippen molar-refractivity contribution in [3.8, 4) is 11.8 Å². The van der Waals surface area contributed by atoms with Gasteiger partial charge in [-0.25, -0.2) is 4.79 Å². The molecule has 0 atom stereocenters. The van der Waals surface area contributed by atoms with E-state index in [-0.39, 0.29) is 29.4 Å². The van der Waals surface area contributed by atoms with E-state index in [1.54, 1.807) is 0 Å². The smallest absolute Gasteiger partial charge is 0.350 e. The van der Waals surface area contributed by atoms with Gasteiger partial charge in [0.05, 0.1) is 24.5 Å². The van der Waals surface area contributed by atoms with Crippen LogP contribution in [0.25, 0.3) is 0 Å². The van der Waals surface area contributed by atoms with E-state index in [9.17, 15) is 14.7 Å². The first-order chi connectivity index (χ1) is 15.1. The van der Waals surface area contributed by atoms with Crippen LogP contribution in [0.2, 0.25) is 0 Å². The molecule has 0 saturated heterocycles. The fraction of sp³-hybridized carbons (Fsp3) is 0.692. The van der Waals surface area contributed by atoms with E-state index in [4.69, 9.17) is 4.74 Å². The normalized spacial score (nSPS) is 26.1. The molecular formula is C26H37NO4S. The van der Waals surface area contributed by atoms with Crippen molar-refractivity contribution in [3.05, 3.63) is 15.8 Å². The number of methoxy groups -OCH3 is 1. The van der Waals surface area contributed by atoms with Crippen LogP contribution in [0.4, 0.5) is 5.69 Å². The van der Waals surface area contributed by atoms with E-state index >= 15 is 0 Å². The number of thiophene rings is 1. The maximum absolute atomic E-state index is 14.0. The van der Waals surface area contributed by atoms with Gasteiger partial charge in [-0.2, -0.15) is 0 Å². The monoisotopic (exact) mass is 459 g/mol. The summed E-state index contributed by atoms with van der Waals surface area (Å²) in [5.74, 6) is 6.80. The molecule has 2 aliphatic carbocycles. The quantitative estimate of drug-likeness (QED) is 0.484. The zero-order valence-electron chi connectivity index (χ0n) is 20.1. The topological polar surface area (TPSA) is 66.8 Å². The average Bonchev–Trinajstić information content (AvgIpc) is 3.17. The molecule has 5 nitrogen and oxygen atoms in total. The van der Waals surface area contributed by atoms with Crippen molar-refractivity contribution in [3.63, 3.8) is 0 Å². The number of anilines is 1. The SMILES string of the molecule is COC(=O)c1scc(C#CC(C)(C)C)c1N(C(=O)C1CCC(C)CC1)C1CCC(O)CC1. The van der Waals surface area contributed by atoms with Crippen molar-refractivity contribution in [1.82, 2.24) is 0 Å². The summed E-state index contributed by atoms with van der Waals surface area (Å²) in [5, 5.41) is 11.9. The van der Waals surface area contributed by atoms with Crippen LogP contribution in [0.3, 0.4) is 0 Å². The number of ether oxygens (including phenoxy) is 1. The third kappa shape index (κ3) is 5.94. The molecule has 0 aromatic carbocycles. The van der Waals surface area contributed by atoms with Gasteiger partial charge in [-0.1, -0.05) is 18.8 Å². The van der Waals surface area contributed by atoms with Gasteiger partial charge in [0.25, 0.3) is 0 Å². The molecule has 176 valence electrons. The highest BCUT2D eigenvalue weighted by Gasteiger charge is 2.38. The van der Waals surface area contributed by atoms with E-state index in [0.717, 1.165) is 38.5 Å². The zero-order valence-corrected chi connectivity index (χ0v) is 20.9. The van der Waals surface area contributed by atoms with Gasteiger partial charge in [-0.15, -0.1) is 11.3 Å². The summed E-state index contributed by atoms with van der Waals surface area (Å²) >= 11 is 1.30. The van der Waals surface area contributed by atoms with Gasteiger partial charge in [0.2, 0.25) is 5.91 Å². The van der Waals surface area contributed by atoms with E-state index in [1.165, 1.54) is 18.4 Å². The third-order valence-corrected chi connectivity index (χ3v) is 7.53. The van der Waals surface area contributed by atoms with Crippen LogP contribution in [-0.4, -0.2) is 36.2 Å². The second kappa shape index (κ2) is 10.4. The summed E-state index contributed by atoms with van der Waals surface area (Å²) in [6.45, 7) is 8.38. The van der Waals surface area contributed by atoms with Crippen molar-refractivity contribution in [2.45, 2.75) is 91.2 Å². The Balaban J connectivity index is 2.08. The number of amides is 1. The summed E-state index contributed by atoms with van der Waals surface area (Å²) in [6.07, 6.45) is 6.32. The first-order valence-corrected chi connectivity index (χ1v) is 12.7. The van der Waals surface area contributed by atoms with Crippen LogP contribution >= 0.6 is 11.3 Å². The first kappa shape index (κ1) is 24.8. The minimum atomic E-state index is -0.431. The highest BCUT2D eigenvalue weighted by atomic mass is 32.1. The number of hydrogen-bond donors (Lipinski definition) is 1. The van der Waals surface area contributed by atoms with Crippen molar-refractivity contribution in [1.29, 1.82) is 0 Å². The molecule has 2 aliphatic rings. The minimum Gasteiger partial charge on any atom is -0.465 e. The Hall–Kier alpha value is -1.84. The number of carbonyl (C=O) groups is 2. The van der Waals surface area contributed by atoms with Gasteiger partial charge in [0, 0.05) is 22.8 Å². The number of nitrogens with zero attached hydrogens (tertiary/aromatic N) is 1. The van der Waals surface area contributed by atoms with Crippen molar-refractivity contribution in [2.24, 2.45) is 17.3 Å². The Morgan fingerprint density at radius 3 is 2.28 bits per heavy atom. The highest BCUT2D eigenvalue weighted by molar-refractivity contribution is 7.13. The first-order valence-electron chi connectivity index (χ1n) is 11.8. The Morgan fingerprint density at radius 1 is 1.09 bits per heavy atom. The Morgan fingerprint density at radius 2 is 1.72 bits per heavy atom. The van der Waals surface area contributed by atoms with E-state index in [0.29, 0.717) is 34.9 Å². The zero-order chi connectivity index (χ0) is 23.5. The number of esters is 1. The lowest BCUT2D eigenvalue weighted by atomic mass is 9.81. The summed E-state index contributed by atoms with van der Waals surface area (Å²) < 4.78 is 5.07. The molecule has 1 amide bonds. The second-order valence-corrected chi connectivity index (χ2v) is 11.3. The molecule has 0 bridgehead atoms. The number of aliphatic hydroxyl groups excluding tert-OH is 1. The van der Waals surface area contributed by atoms with Gasteiger partial charge in [-0.05, 0) is 78.1 Å². The summed E-state index contributed by atoms with van der Waals surface area (Å²) in [7, 11) is 1.37. The van der Waals surface area contributed by atoms with Gasteiger partial charge in [0.1, 0.15) is 4.88 Å². The van der Waals surface area contributed by atoms with Gasteiger partial charge in [0.15, 0.2) is 0 Å². The molecular weight excluding hydrogens is 422 g/mol. The van der Waals surface area contributed by atoms with Crippen LogP contribution in [0.5, 0.6) is 0 Å². The minimum absolute atomic E-state index is 0.0353. The standard InChI is InChI=1S/C26H37NO4S/c1-17-6-8-18(9-7-17)24(29)27(20-10-12-21(28)13-11-20)22-19(14-15-26(2,3)4)16-32-23(22)25(30)31-5/h16-18,20-21,28H,6-13H2,1-5H3. The highest BCUT2D eigenvalue weighted by Crippen LogP contribution is 2.40. The Labute approximate surface area is 196 Å². The van der Waals surface area contributed by atoms with Crippen LogP contribution in [0.15, 0.2) is 5.38 Å². The number of carbonyl (C=O) groups excluding carboxylic acids is 2. The average molecular weight is 460 g/mol. The molecule has 0 radical (unpaired) electrons. The van der Waals surface area contributed by atoms with Crippen molar-refractivity contribution >= 4 is 28.9 Å². The lowest BCUT2D eigenvalue weighted by molar-refractivity contribution is -0.124. The summed E-state index contributed by atoms with van der Waals surface area (Å²) in [6, 6.07) is -0.0431. The van der Waals surface area contributed by atoms with Crippen molar-refractivity contribution in [2.75, 3.05) is 12.0 Å². The number of hydrogen-bond acceptors (Lipinski definition) is 5. The molecule has 32 heavy (non-hydrogen) atoms. The predicted molar refractivity (Wildman–Crippen MR) is 129 cm³/mol. The molecule has 2 fully saturated rings. The van der Waals surface area contributed by atoms with E-state index in [2.05, 4.69) is 18.8 Å². The van der Waals surface area contributed by atoms with Crippen LogP contribution in [-0.2, 0) is 9.53 Å². The van der Waals surface area contributed by atoms with Crippen molar-refractivity contribution < 1.29 is 19.4 Å². The molecule has 0 aliphatic heterocycles. The predicted octanol–water partition coefficient (Wildman–Crippen LogP) is 5.40. The van der Waals surface area contributed by atoms with Crippen LogP contribution in [0, 0.1) is 29.1 Å². The summed E-state index contributed by atoms with van der Waals surface area (Å²) in [5.41, 5.74) is 1.13. The molecule has 1 aromatic rings.